The van der Waals surface area contributed by atoms with Gasteiger partial charge in [-0.2, -0.15) is 0 Å². The van der Waals surface area contributed by atoms with E-state index >= 15 is 0 Å². The highest BCUT2D eigenvalue weighted by atomic mass is 16.5. The molecular weight excluding hydrogens is 186 g/mol. The van der Waals surface area contributed by atoms with E-state index < -0.39 is 0 Å². The first-order chi connectivity index (χ1) is 7.14. The Hall–Kier alpha value is -1.02. The normalized spacial score (nSPS) is 11.4. The Balaban J connectivity index is 2.27. The summed E-state index contributed by atoms with van der Waals surface area (Å²) in [5, 5.41) is 3.40. The van der Waals surface area contributed by atoms with Crippen LogP contribution in [0.4, 0.5) is 5.69 Å². The summed E-state index contributed by atoms with van der Waals surface area (Å²) < 4.78 is 5.18. The number of anilines is 1. The highest BCUT2D eigenvalue weighted by Crippen LogP contribution is 2.20. The fourth-order valence-electron chi connectivity index (χ4n) is 1.56. The Labute approximate surface area is 92.6 Å². The van der Waals surface area contributed by atoms with Gasteiger partial charge in [0.2, 0.25) is 0 Å². The third-order valence-corrected chi connectivity index (χ3v) is 2.44. The van der Waals surface area contributed by atoms with Gasteiger partial charge in [-0.15, -0.1) is 0 Å². The van der Waals surface area contributed by atoms with Crippen LogP contribution in [0.5, 0.6) is 0 Å². The van der Waals surface area contributed by atoms with Crippen molar-refractivity contribution in [2.24, 2.45) is 5.41 Å². The lowest BCUT2D eigenvalue weighted by Gasteiger charge is -2.23. The van der Waals surface area contributed by atoms with E-state index in [-0.39, 0.29) is 5.41 Å². The van der Waals surface area contributed by atoms with Crippen molar-refractivity contribution in [1.29, 1.82) is 0 Å². The van der Waals surface area contributed by atoms with Gasteiger partial charge in [-0.1, -0.05) is 32.0 Å². The average molecular weight is 207 g/mol. The minimum atomic E-state index is 0.247. The summed E-state index contributed by atoms with van der Waals surface area (Å²) in [7, 11) is 1.76. The fraction of sp³-hybridized carbons (Fsp3) is 0.538. The Morgan fingerprint density at radius 3 is 2.47 bits per heavy atom. The molecule has 0 saturated heterocycles. The van der Waals surface area contributed by atoms with Crippen molar-refractivity contribution in [3.63, 3.8) is 0 Å². The van der Waals surface area contributed by atoms with Gasteiger partial charge in [0.15, 0.2) is 0 Å². The van der Waals surface area contributed by atoms with E-state index in [1.165, 1.54) is 5.69 Å². The summed E-state index contributed by atoms with van der Waals surface area (Å²) in [6.07, 6.45) is 1.11. The van der Waals surface area contributed by atoms with Gasteiger partial charge < -0.3 is 10.1 Å². The van der Waals surface area contributed by atoms with Gasteiger partial charge in [-0.3, -0.25) is 0 Å². The fourth-order valence-corrected chi connectivity index (χ4v) is 1.56. The van der Waals surface area contributed by atoms with Crippen molar-refractivity contribution in [3.8, 4) is 0 Å². The standard InChI is InChI=1S/C13H21NO/c1-13(2,11-15-3)9-10-14-12-7-5-4-6-8-12/h4-8,14H,9-11H2,1-3H3. The predicted molar refractivity (Wildman–Crippen MR) is 65.2 cm³/mol. The van der Waals surface area contributed by atoms with Gasteiger partial charge in [0.1, 0.15) is 0 Å². The monoisotopic (exact) mass is 207 g/mol. The summed E-state index contributed by atoms with van der Waals surface area (Å²) in [5.74, 6) is 0. The van der Waals surface area contributed by atoms with Gasteiger partial charge in [0.25, 0.3) is 0 Å². The van der Waals surface area contributed by atoms with E-state index in [1.54, 1.807) is 7.11 Å². The minimum Gasteiger partial charge on any atom is -0.385 e. The van der Waals surface area contributed by atoms with E-state index in [0.717, 1.165) is 19.6 Å². The Morgan fingerprint density at radius 2 is 1.87 bits per heavy atom. The average Bonchev–Trinajstić information content (AvgIpc) is 2.19. The second kappa shape index (κ2) is 5.76. The van der Waals surface area contributed by atoms with Crippen LogP contribution in [0.25, 0.3) is 0 Å². The van der Waals surface area contributed by atoms with Gasteiger partial charge in [-0.05, 0) is 24.0 Å². The first kappa shape index (κ1) is 12.1. The maximum absolute atomic E-state index is 5.18. The van der Waals surface area contributed by atoms with Crippen LogP contribution in [0.15, 0.2) is 30.3 Å². The third-order valence-electron chi connectivity index (χ3n) is 2.44. The predicted octanol–water partition coefficient (Wildman–Crippen LogP) is 3.16. The first-order valence-corrected chi connectivity index (χ1v) is 5.42. The smallest absolute Gasteiger partial charge is 0.0514 e. The third kappa shape index (κ3) is 4.84. The minimum absolute atomic E-state index is 0.247. The number of methoxy groups -OCH3 is 1. The van der Waals surface area contributed by atoms with Crippen molar-refractivity contribution in [2.45, 2.75) is 20.3 Å². The molecule has 1 aromatic rings. The van der Waals surface area contributed by atoms with Crippen molar-refractivity contribution in [1.82, 2.24) is 0 Å². The molecule has 0 aliphatic heterocycles. The van der Waals surface area contributed by atoms with E-state index in [9.17, 15) is 0 Å². The second-order valence-corrected chi connectivity index (χ2v) is 4.64. The van der Waals surface area contributed by atoms with Gasteiger partial charge >= 0.3 is 0 Å². The molecule has 1 rings (SSSR count). The zero-order valence-electron chi connectivity index (χ0n) is 9.92. The Kier molecular flexibility index (Phi) is 4.63. The number of ether oxygens (including phenoxy) is 1. The van der Waals surface area contributed by atoms with Gasteiger partial charge in [-0.25, -0.2) is 0 Å². The first-order valence-electron chi connectivity index (χ1n) is 5.42. The van der Waals surface area contributed by atoms with Crippen LogP contribution < -0.4 is 5.32 Å². The molecule has 0 amide bonds. The number of rotatable bonds is 6. The molecule has 0 aromatic heterocycles. The molecule has 0 unspecified atom stereocenters. The van der Waals surface area contributed by atoms with Crippen molar-refractivity contribution in [3.05, 3.63) is 30.3 Å². The van der Waals surface area contributed by atoms with Crippen LogP contribution in [-0.2, 0) is 4.74 Å². The maximum Gasteiger partial charge on any atom is 0.0514 e. The number of hydrogen-bond acceptors (Lipinski definition) is 2. The van der Waals surface area contributed by atoms with Crippen LogP contribution in [0.2, 0.25) is 0 Å². The quantitative estimate of drug-likeness (QED) is 0.773. The van der Waals surface area contributed by atoms with E-state index in [2.05, 4.69) is 31.3 Å². The van der Waals surface area contributed by atoms with Gasteiger partial charge in [0, 0.05) is 19.3 Å². The summed E-state index contributed by atoms with van der Waals surface area (Å²) in [5.41, 5.74) is 1.43. The van der Waals surface area contributed by atoms with E-state index in [4.69, 9.17) is 4.74 Å². The molecule has 2 heteroatoms. The molecule has 15 heavy (non-hydrogen) atoms. The number of para-hydroxylation sites is 1. The van der Waals surface area contributed by atoms with Crippen LogP contribution in [-0.4, -0.2) is 20.3 Å². The van der Waals surface area contributed by atoms with Crippen LogP contribution in [0.3, 0.4) is 0 Å². The van der Waals surface area contributed by atoms with Crippen molar-refractivity contribution in [2.75, 3.05) is 25.6 Å². The number of benzene rings is 1. The van der Waals surface area contributed by atoms with Crippen LogP contribution in [0, 0.1) is 5.41 Å². The topological polar surface area (TPSA) is 21.3 Å². The lowest BCUT2D eigenvalue weighted by Crippen LogP contribution is -2.22. The molecule has 84 valence electrons. The number of nitrogens with one attached hydrogen (secondary N) is 1. The summed E-state index contributed by atoms with van der Waals surface area (Å²) in [4.78, 5) is 0. The van der Waals surface area contributed by atoms with Crippen molar-refractivity contribution >= 4 is 5.69 Å². The summed E-state index contributed by atoms with van der Waals surface area (Å²) >= 11 is 0. The molecule has 0 saturated carbocycles. The molecule has 0 atom stereocenters. The molecule has 2 nitrogen and oxygen atoms in total. The zero-order valence-corrected chi connectivity index (χ0v) is 9.92. The Morgan fingerprint density at radius 1 is 1.20 bits per heavy atom. The Bertz CT molecular complexity index is 269. The molecule has 0 spiro atoms. The molecule has 0 aliphatic carbocycles. The summed E-state index contributed by atoms with van der Waals surface area (Å²) in [6, 6.07) is 10.3. The van der Waals surface area contributed by atoms with Crippen LogP contribution in [0.1, 0.15) is 20.3 Å². The highest BCUT2D eigenvalue weighted by Gasteiger charge is 2.16. The molecular formula is C13H21NO. The largest absolute Gasteiger partial charge is 0.385 e. The highest BCUT2D eigenvalue weighted by molar-refractivity contribution is 5.42. The lowest BCUT2D eigenvalue weighted by atomic mass is 9.90. The molecule has 0 bridgehead atoms. The number of hydrogen-bond donors (Lipinski definition) is 1. The van der Waals surface area contributed by atoms with Crippen LogP contribution >= 0.6 is 0 Å². The lowest BCUT2D eigenvalue weighted by molar-refractivity contribution is 0.101. The van der Waals surface area contributed by atoms with Crippen molar-refractivity contribution < 1.29 is 4.74 Å². The molecule has 0 radical (unpaired) electrons. The molecule has 1 aromatic carbocycles. The second-order valence-electron chi connectivity index (χ2n) is 4.64. The SMILES string of the molecule is COCC(C)(C)CCNc1ccccc1. The zero-order chi connectivity index (χ0) is 11.1. The van der Waals surface area contributed by atoms with E-state index in [1.807, 2.05) is 18.2 Å². The molecule has 0 heterocycles. The van der Waals surface area contributed by atoms with Gasteiger partial charge in [0.05, 0.1) is 6.61 Å². The summed E-state index contributed by atoms with van der Waals surface area (Å²) in [6.45, 7) is 6.25. The molecule has 0 fully saturated rings. The molecule has 1 N–H and O–H groups in total. The van der Waals surface area contributed by atoms with E-state index in [0.29, 0.717) is 0 Å². The maximum atomic E-state index is 5.18. The molecule has 0 aliphatic rings.